The molecule has 1 saturated carbocycles. The van der Waals surface area contributed by atoms with Crippen molar-refractivity contribution in [1.82, 2.24) is 5.32 Å². The first-order valence-electron chi connectivity index (χ1n) is 8.53. The van der Waals surface area contributed by atoms with E-state index in [2.05, 4.69) is 53.8 Å². The summed E-state index contributed by atoms with van der Waals surface area (Å²) in [7, 11) is 0. The molecule has 0 aromatic rings. The van der Waals surface area contributed by atoms with Gasteiger partial charge in [-0.15, -0.1) is 0 Å². The molecule has 20 heavy (non-hydrogen) atoms. The molecule has 2 nitrogen and oxygen atoms in total. The molecule has 2 aliphatic rings. The molecule has 1 saturated heterocycles. The van der Waals surface area contributed by atoms with Crippen LogP contribution < -0.4 is 5.32 Å². The molecule has 2 fully saturated rings. The standard InChI is InChI=1S/C18H35NO/c1-8-19-15(13-10-9-11-16(13,2)3)14-12-17(4,5)20-18(14,6)7/h13-15,19H,8-12H2,1-7H3. The number of rotatable bonds is 4. The normalized spacial score (nSPS) is 36.1. The molecule has 2 heteroatoms. The highest BCUT2D eigenvalue weighted by Gasteiger charge is 2.53. The van der Waals surface area contributed by atoms with Crippen molar-refractivity contribution in [3.05, 3.63) is 0 Å². The monoisotopic (exact) mass is 281 g/mol. The van der Waals surface area contributed by atoms with Crippen molar-refractivity contribution in [2.45, 2.75) is 91.4 Å². The van der Waals surface area contributed by atoms with E-state index in [4.69, 9.17) is 4.74 Å². The van der Waals surface area contributed by atoms with Gasteiger partial charge in [0.15, 0.2) is 0 Å². The Labute approximate surface area is 126 Å². The van der Waals surface area contributed by atoms with Crippen LogP contribution >= 0.6 is 0 Å². The van der Waals surface area contributed by atoms with E-state index in [1.807, 2.05) is 0 Å². The molecule has 0 radical (unpaired) electrons. The van der Waals surface area contributed by atoms with Crippen LogP contribution in [0, 0.1) is 17.3 Å². The summed E-state index contributed by atoms with van der Waals surface area (Å²) >= 11 is 0. The average molecular weight is 281 g/mol. The second kappa shape index (κ2) is 5.28. The molecule has 2 rings (SSSR count). The lowest BCUT2D eigenvalue weighted by Gasteiger charge is -2.41. The van der Waals surface area contributed by atoms with Crippen LogP contribution in [0.1, 0.15) is 74.1 Å². The SMILES string of the molecule is CCNC(C1CCCC1(C)C)C1CC(C)(C)OC1(C)C. The first kappa shape index (κ1) is 16.3. The molecular formula is C18H35NO. The van der Waals surface area contributed by atoms with Crippen LogP contribution in [0.25, 0.3) is 0 Å². The Morgan fingerprint density at radius 3 is 2.15 bits per heavy atom. The summed E-state index contributed by atoms with van der Waals surface area (Å²) in [6.45, 7) is 17.3. The largest absolute Gasteiger partial charge is 0.369 e. The molecule has 118 valence electrons. The van der Waals surface area contributed by atoms with E-state index in [0.717, 1.165) is 12.5 Å². The second-order valence-electron chi connectivity index (χ2n) is 8.85. The maximum atomic E-state index is 6.36. The fourth-order valence-corrected chi connectivity index (χ4v) is 4.98. The molecule has 0 aromatic carbocycles. The Kier molecular flexibility index (Phi) is 4.30. The van der Waals surface area contributed by atoms with Crippen LogP contribution in [0.15, 0.2) is 0 Å². The minimum Gasteiger partial charge on any atom is -0.369 e. The van der Waals surface area contributed by atoms with E-state index in [9.17, 15) is 0 Å². The molecule has 0 bridgehead atoms. The third-order valence-electron chi connectivity index (χ3n) is 5.79. The smallest absolute Gasteiger partial charge is 0.0677 e. The lowest BCUT2D eigenvalue weighted by Crippen LogP contribution is -2.50. The van der Waals surface area contributed by atoms with Gasteiger partial charge in [-0.3, -0.25) is 0 Å². The van der Waals surface area contributed by atoms with E-state index in [1.54, 1.807) is 0 Å². The van der Waals surface area contributed by atoms with Gasteiger partial charge in [-0.2, -0.15) is 0 Å². The summed E-state index contributed by atoms with van der Waals surface area (Å²) in [4.78, 5) is 0. The van der Waals surface area contributed by atoms with Gasteiger partial charge in [0.05, 0.1) is 11.2 Å². The van der Waals surface area contributed by atoms with Crippen LogP contribution in [0.4, 0.5) is 0 Å². The van der Waals surface area contributed by atoms with E-state index in [1.165, 1.54) is 25.7 Å². The molecule has 1 aliphatic carbocycles. The zero-order valence-corrected chi connectivity index (χ0v) is 14.7. The predicted octanol–water partition coefficient (Wildman–Crippen LogP) is 4.38. The minimum absolute atomic E-state index is 0.0184. The van der Waals surface area contributed by atoms with Gasteiger partial charge in [0.2, 0.25) is 0 Å². The van der Waals surface area contributed by atoms with Gasteiger partial charge in [-0.1, -0.05) is 27.2 Å². The summed E-state index contributed by atoms with van der Waals surface area (Å²) in [6.07, 6.45) is 5.30. The first-order valence-corrected chi connectivity index (χ1v) is 8.53. The number of hydrogen-bond acceptors (Lipinski definition) is 2. The fraction of sp³-hybridized carbons (Fsp3) is 1.00. The van der Waals surface area contributed by atoms with Gasteiger partial charge < -0.3 is 10.1 Å². The topological polar surface area (TPSA) is 21.3 Å². The molecule has 3 atom stereocenters. The van der Waals surface area contributed by atoms with E-state index < -0.39 is 0 Å². The quantitative estimate of drug-likeness (QED) is 0.825. The summed E-state index contributed by atoms with van der Waals surface area (Å²) in [6, 6.07) is 0.592. The molecular weight excluding hydrogens is 246 g/mol. The number of nitrogens with one attached hydrogen (secondary N) is 1. The number of ether oxygens (including phenoxy) is 1. The van der Waals surface area contributed by atoms with Crippen molar-refractivity contribution in [3.63, 3.8) is 0 Å². The molecule has 0 amide bonds. The summed E-state index contributed by atoms with van der Waals surface area (Å²) in [5.74, 6) is 1.39. The average Bonchev–Trinajstić information content (AvgIpc) is 2.71. The lowest BCUT2D eigenvalue weighted by atomic mass is 9.69. The van der Waals surface area contributed by atoms with Crippen molar-refractivity contribution >= 4 is 0 Å². The molecule has 1 aliphatic heterocycles. The minimum atomic E-state index is -0.0188. The summed E-state index contributed by atoms with van der Waals surface area (Å²) < 4.78 is 6.36. The van der Waals surface area contributed by atoms with E-state index in [-0.39, 0.29) is 11.2 Å². The van der Waals surface area contributed by atoms with Crippen LogP contribution in [0.5, 0.6) is 0 Å². The highest BCUT2D eigenvalue weighted by atomic mass is 16.5. The molecule has 0 aromatic heterocycles. The Bertz CT molecular complexity index is 345. The molecule has 1 N–H and O–H groups in total. The van der Waals surface area contributed by atoms with Crippen molar-refractivity contribution in [1.29, 1.82) is 0 Å². The van der Waals surface area contributed by atoms with Crippen molar-refractivity contribution in [2.75, 3.05) is 6.54 Å². The molecule has 1 heterocycles. The predicted molar refractivity (Wildman–Crippen MR) is 85.9 cm³/mol. The van der Waals surface area contributed by atoms with Crippen LogP contribution in [0.2, 0.25) is 0 Å². The van der Waals surface area contributed by atoms with Gasteiger partial charge in [-0.05, 0) is 64.8 Å². The van der Waals surface area contributed by atoms with E-state index in [0.29, 0.717) is 17.4 Å². The Morgan fingerprint density at radius 2 is 1.75 bits per heavy atom. The summed E-state index contributed by atoms with van der Waals surface area (Å²) in [5, 5.41) is 3.84. The van der Waals surface area contributed by atoms with Gasteiger partial charge in [0.1, 0.15) is 0 Å². The van der Waals surface area contributed by atoms with Gasteiger partial charge in [-0.25, -0.2) is 0 Å². The van der Waals surface area contributed by atoms with E-state index >= 15 is 0 Å². The van der Waals surface area contributed by atoms with Gasteiger partial charge in [0.25, 0.3) is 0 Å². The van der Waals surface area contributed by atoms with Crippen molar-refractivity contribution < 1.29 is 4.74 Å². The maximum absolute atomic E-state index is 6.36. The van der Waals surface area contributed by atoms with Crippen LogP contribution in [0.3, 0.4) is 0 Å². The molecule has 3 unspecified atom stereocenters. The fourth-order valence-electron chi connectivity index (χ4n) is 4.98. The first-order chi connectivity index (χ1) is 9.09. The molecule has 0 spiro atoms. The van der Waals surface area contributed by atoms with Crippen molar-refractivity contribution in [2.24, 2.45) is 17.3 Å². The van der Waals surface area contributed by atoms with Gasteiger partial charge in [0, 0.05) is 12.0 Å². The Morgan fingerprint density at radius 1 is 1.10 bits per heavy atom. The summed E-state index contributed by atoms with van der Waals surface area (Å²) in [5.41, 5.74) is 0.468. The maximum Gasteiger partial charge on any atom is 0.0677 e. The second-order valence-corrected chi connectivity index (χ2v) is 8.85. The van der Waals surface area contributed by atoms with Crippen LogP contribution in [-0.2, 0) is 4.74 Å². The Balaban J connectivity index is 2.25. The highest BCUT2D eigenvalue weighted by molar-refractivity contribution is 5.04. The zero-order valence-electron chi connectivity index (χ0n) is 14.7. The third-order valence-corrected chi connectivity index (χ3v) is 5.79. The lowest BCUT2D eigenvalue weighted by molar-refractivity contribution is -0.0811. The Hall–Kier alpha value is -0.0800. The number of hydrogen-bond donors (Lipinski definition) is 1. The van der Waals surface area contributed by atoms with Crippen LogP contribution in [-0.4, -0.2) is 23.8 Å². The van der Waals surface area contributed by atoms with Crippen molar-refractivity contribution in [3.8, 4) is 0 Å². The highest BCUT2D eigenvalue weighted by Crippen LogP contribution is 2.51. The third kappa shape index (κ3) is 3.06. The zero-order chi connectivity index (χ0) is 15.2. The van der Waals surface area contributed by atoms with Gasteiger partial charge >= 0.3 is 0 Å².